The fraction of sp³-hybridized carbons (Fsp3) is 0. The van der Waals surface area contributed by atoms with Gasteiger partial charge < -0.3 is 9.47 Å². The molecule has 0 N–H and O–H groups in total. The Bertz CT molecular complexity index is 970. The Morgan fingerprint density at radius 2 is 0.690 bits per heavy atom. The van der Waals surface area contributed by atoms with Crippen LogP contribution in [0.3, 0.4) is 0 Å². The highest BCUT2D eigenvalue weighted by Gasteiger charge is 2.02. The zero-order valence-corrected chi connectivity index (χ0v) is 18.0. The van der Waals surface area contributed by atoms with Gasteiger partial charge in [0.2, 0.25) is 0 Å². The van der Waals surface area contributed by atoms with Gasteiger partial charge in [0.05, 0.1) is 0 Å². The summed E-state index contributed by atoms with van der Waals surface area (Å²) < 4.78 is 11.7. The van der Waals surface area contributed by atoms with Gasteiger partial charge in [0.15, 0.2) is 0 Å². The van der Waals surface area contributed by atoms with Crippen molar-refractivity contribution in [1.82, 2.24) is 0 Å². The van der Waals surface area contributed by atoms with Crippen LogP contribution in [-0.4, -0.2) is 0 Å². The molecule has 0 aliphatic carbocycles. The zero-order chi connectivity index (χ0) is 20.1. The minimum absolute atomic E-state index is 0.794. The lowest BCUT2D eigenvalue weighted by Crippen LogP contribution is -1.84. The van der Waals surface area contributed by atoms with Gasteiger partial charge in [0.25, 0.3) is 0 Å². The molecule has 0 amide bonds. The maximum atomic E-state index is 5.85. The molecule has 0 unspecified atom stereocenters. The summed E-state index contributed by atoms with van der Waals surface area (Å²) in [7, 11) is 0. The summed E-state index contributed by atoms with van der Waals surface area (Å²) in [6, 6.07) is 31.3. The molecular weight excluding hydrogens is 416 g/mol. The van der Waals surface area contributed by atoms with Crippen molar-refractivity contribution in [2.45, 2.75) is 19.6 Å². The molecule has 144 valence electrons. The van der Waals surface area contributed by atoms with Gasteiger partial charge in [-0.05, 0) is 97.1 Å². The van der Waals surface area contributed by atoms with Crippen LogP contribution in [0.15, 0.2) is 117 Å². The van der Waals surface area contributed by atoms with Crippen LogP contribution in [0.1, 0.15) is 0 Å². The average molecular weight is 435 g/mol. The van der Waals surface area contributed by atoms with Crippen LogP contribution in [0.25, 0.3) is 0 Å². The van der Waals surface area contributed by atoms with E-state index in [-0.39, 0.29) is 0 Å². The molecule has 0 saturated heterocycles. The molecule has 5 heteroatoms. The van der Waals surface area contributed by atoms with Crippen LogP contribution in [-0.2, 0) is 0 Å². The zero-order valence-electron chi connectivity index (χ0n) is 15.4. The van der Waals surface area contributed by atoms with E-state index in [0.29, 0.717) is 0 Å². The second kappa shape index (κ2) is 9.35. The van der Waals surface area contributed by atoms with E-state index in [1.165, 1.54) is 0 Å². The Labute approximate surface area is 185 Å². The van der Waals surface area contributed by atoms with E-state index in [0.717, 1.165) is 42.6 Å². The summed E-state index contributed by atoms with van der Waals surface area (Å²) in [5.74, 6) is 3.19. The molecule has 2 nitrogen and oxygen atoms in total. The van der Waals surface area contributed by atoms with E-state index in [2.05, 4.69) is 49.5 Å². The van der Waals surface area contributed by atoms with E-state index >= 15 is 0 Å². The molecule has 0 heterocycles. The molecule has 0 aliphatic heterocycles. The van der Waals surface area contributed by atoms with Gasteiger partial charge in [-0.25, -0.2) is 0 Å². The second-order valence-corrected chi connectivity index (χ2v) is 8.42. The predicted molar refractivity (Wildman–Crippen MR) is 125 cm³/mol. The first-order valence-electron chi connectivity index (χ1n) is 8.96. The molecule has 0 fully saturated rings. The maximum absolute atomic E-state index is 5.85. The van der Waals surface area contributed by atoms with Gasteiger partial charge in [0.1, 0.15) is 23.0 Å². The molecule has 4 aromatic rings. The van der Waals surface area contributed by atoms with Crippen molar-refractivity contribution in [2.75, 3.05) is 0 Å². The van der Waals surface area contributed by atoms with Gasteiger partial charge in [-0.3, -0.25) is 0 Å². The fourth-order valence-corrected chi connectivity index (χ4v) is 3.70. The highest BCUT2D eigenvalue weighted by atomic mass is 32.2. The van der Waals surface area contributed by atoms with Crippen LogP contribution in [0.5, 0.6) is 23.0 Å². The van der Waals surface area contributed by atoms with Crippen LogP contribution in [0.2, 0.25) is 0 Å². The van der Waals surface area contributed by atoms with Crippen LogP contribution in [0.4, 0.5) is 0 Å². The summed E-state index contributed by atoms with van der Waals surface area (Å²) >= 11 is 10.3. The quantitative estimate of drug-likeness (QED) is 0.300. The third-order valence-electron chi connectivity index (χ3n) is 4.03. The van der Waals surface area contributed by atoms with Crippen molar-refractivity contribution in [2.24, 2.45) is 0 Å². The molecule has 0 atom stereocenters. The van der Waals surface area contributed by atoms with Gasteiger partial charge >= 0.3 is 0 Å². The van der Waals surface area contributed by atoms with Gasteiger partial charge in [-0.15, -0.1) is 25.3 Å². The Morgan fingerprint density at radius 3 is 1.00 bits per heavy atom. The van der Waals surface area contributed by atoms with Crippen molar-refractivity contribution in [3.63, 3.8) is 0 Å². The van der Waals surface area contributed by atoms with Crippen molar-refractivity contribution in [3.05, 3.63) is 97.1 Å². The highest BCUT2D eigenvalue weighted by molar-refractivity contribution is 7.99. The summed E-state index contributed by atoms with van der Waals surface area (Å²) in [6.07, 6.45) is 0. The topological polar surface area (TPSA) is 18.5 Å². The number of rotatable bonds is 6. The number of ether oxygens (including phenoxy) is 2. The second-order valence-electron chi connectivity index (χ2n) is 6.24. The number of benzene rings is 4. The molecule has 0 aromatic heterocycles. The molecule has 0 saturated carbocycles. The molecular formula is C24H18O2S3. The Morgan fingerprint density at radius 1 is 0.414 bits per heavy atom. The lowest BCUT2D eigenvalue weighted by molar-refractivity contribution is 0.481. The van der Waals surface area contributed by atoms with Crippen molar-refractivity contribution in [3.8, 4) is 23.0 Å². The summed E-state index contributed by atoms with van der Waals surface area (Å²) in [5, 5.41) is 0. The van der Waals surface area contributed by atoms with Crippen LogP contribution >= 0.6 is 37.0 Å². The lowest BCUT2D eigenvalue weighted by atomic mass is 10.3. The first kappa shape index (κ1) is 19.8. The SMILES string of the molecule is Sc1ccc(Oc2ccc(Sc3ccc(Oc4ccc(S)cc4)cc3)cc2)cc1. The minimum atomic E-state index is 0.794. The first-order chi connectivity index (χ1) is 14.1. The normalized spacial score (nSPS) is 10.6. The third-order valence-corrected chi connectivity index (χ3v) is 5.64. The van der Waals surface area contributed by atoms with E-state index in [1.807, 2.05) is 72.8 Å². The van der Waals surface area contributed by atoms with Crippen molar-refractivity contribution < 1.29 is 9.47 Å². The molecule has 4 aromatic carbocycles. The standard InChI is InChI=1S/C24H18O2S3/c27-21-9-1-17(2-10-21)25-19-5-13-23(14-6-19)29-24-15-7-20(8-16-24)26-18-3-11-22(28)12-4-18/h1-16,27-28H. The molecule has 29 heavy (non-hydrogen) atoms. The van der Waals surface area contributed by atoms with Gasteiger partial charge in [-0.2, -0.15) is 0 Å². The van der Waals surface area contributed by atoms with Crippen LogP contribution < -0.4 is 9.47 Å². The van der Waals surface area contributed by atoms with Crippen LogP contribution in [0, 0.1) is 0 Å². The van der Waals surface area contributed by atoms with Gasteiger partial charge in [-0.1, -0.05) is 11.8 Å². The largest absolute Gasteiger partial charge is 0.457 e. The Hall–Kier alpha value is -2.47. The number of hydrogen-bond donors (Lipinski definition) is 2. The van der Waals surface area contributed by atoms with E-state index in [9.17, 15) is 0 Å². The number of thiol groups is 2. The molecule has 0 radical (unpaired) electrons. The van der Waals surface area contributed by atoms with E-state index in [4.69, 9.17) is 9.47 Å². The Balaban J connectivity index is 1.36. The van der Waals surface area contributed by atoms with Crippen molar-refractivity contribution >= 4 is 37.0 Å². The minimum Gasteiger partial charge on any atom is -0.457 e. The summed E-state index contributed by atoms with van der Waals surface area (Å²) in [4.78, 5) is 4.11. The summed E-state index contributed by atoms with van der Waals surface area (Å²) in [5.41, 5.74) is 0. The lowest BCUT2D eigenvalue weighted by Gasteiger charge is -2.08. The first-order valence-corrected chi connectivity index (χ1v) is 10.7. The third kappa shape index (κ3) is 5.76. The van der Waals surface area contributed by atoms with E-state index in [1.54, 1.807) is 11.8 Å². The molecule has 0 aliphatic rings. The van der Waals surface area contributed by atoms with Crippen molar-refractivity contribution in [1.29, 1.82) is 0 Å². The smallest absolute Gasteiger partial charge is 0.127 e. The molecule has 0 spiro atoms. The molecule has 0 bridgehead atoms. The van der Waals surface area contributed by atoms with Gasteiger partial charge in [0, 0.05) is 19.6 Å². The average Bonchev–Trinajstić information content (AvgIpc) is 2.74. The highest BCUT2D eigenvalue weighted by Crippen LogP contribution is 2.32. The monoisotopic (exact) mass is 434 g/mol. The predicted octanol–water partition coefficient (Wildman–Crippen LogP) is 8.00. The maximum Gasteiger partial charge on any atom is 0.127 e. The number of hydrogen-bond acceptors (Lipinski definition) is 5. The summed E-state index contributed by atoms with van der Waals surface area (Å²) in [6.45, 7) is 0. The van der Waals surface area contributed by atoms with E-state index < -0.39 is 0 Å². The fourth-order valence-electron chi connectivity index (χ4n) is 2.59. The Kier molecular flexibility index (Phi) is 6.39. The molecule has 4 rings (SSSR count).